The summed E-state index contributed by atoms with van der Waals surface area (Å²) >= 11 is 0. The van der Waals surface area contributed by atoms with E-state index >= 15 is 0 Å². The van der Waals surface area contributed by atoms with Crippen LogP contribution in [0, 0.1) is 6.92 Å². The summed E-state index contributed by atoms with van der Waals surface area (Å²) in [4.78, 5) is 0. The molecule has 1 heterocycles. The van der Waals surface area contributed by atoms with E-state index in [9.17, 15) is 0 Å². The van der Waals surface area contributed by atoms with Crippen molar-refractivity contribution < 1.29 is 4.42 Å². The fourth-order valence-corrected chi connectivity index (χ4v) is 1.16. The fourth-order valence-electron chi connectivity index (χ4n) is 1.16. The summed E-state index contributed by atoms with van der Waals surface area (Å²) in [5.74, 6) is 0.950. The lowest BCUT2D eigenvalue weighted by Crippen LogP contribution is -1.67. The third-order valence-corrected chi connectivity index (χ3v) is 1.72. The monoisotopic (exact) mass is 145 g/mol. The third-order valence-electron chi connectivity index (χ3n) is 1.72. The van der Waals surface area contributed by atoms with E-state index in [1.54, 1.807) is 0 Å². The highest BCUT2D eigenvalue weighted by Gasteiger charge is 1.98. The molecule has 55 valence electrons. The molecular weight excluding hydrogens is 136 g/mol. The Morgan fingerprint density at radius 3 is 2.82 bits per heavy atom. The van der Waals surface area contributed by atoms with Crippen molar-refractivity contribution in [2.45, 2.75) is 6.42 Å². The molecular formula is C10H9O. The van der Waals surface area contributed by atoms with E-state index in [0.717, 1.165) is 16.7 Å². The molecule has 1 nitrogen and oxygen atoms in total. The minimum absolute atomic E-state index is 0.717. The van der Waals surface area contributed by atoms with Crippen LogP contribution in [0.5, 0.6) is 0 Å². The summed E-state index contributed by atoms with van der Waals surface area (Å²) in [7, 11) is 0. The number of benzene rings is 1. The average molecular weight is 145 g/mol. The van der Waals surface area contributed by atoms with Crippen LogP contribution in [0.15, 0.2) is 34.7 Å². The average Bonchev–Trinajstić information content (AvgIpc) is 2.46. The Hall–Kier alpha value is -1.24. The largest absolute Gasteiger partial charge is 0.461 e. The van der Waals surface area contributed by atoms with Crippen molar-refractivity contribution in [1.82, 2.24) is 0 Å². The first kappa shape index (κ1) is 6.47. The molecule has 0 fully saturated rings. The summed E-state index contributed by atoms with van der Waals surface area (Å²) in [5.41, 5.74) is 0.950. The van der Waals surface area contributed by atoms with Gasteiger partial charge in [-0.1, -0.05) is 18.2 Å². The third kappa shape index (κ3) is 1.03. The first-order chi connectivity index (χ1) is 5.40. The second kappa shape index (κ2) is 2.42. The number of hydrogen-bond acceptors (Lipinski definition) is 1. The van der Waals surface area contributed by atoms with E-state index in [1.165, 1.54) is 0 Å². The van der Waals surface area contributed by atoms with Gasteiger partial charge in [-0.25, -0.2) is 0 Å². The van der Waals surface area contributed by atoms with Crippen molar-refractivity contribution in [1.29, 1.82) is 0 Å². The molecule has 2 aromatic rings. The zero-order valence-corrected chi connectivity index (χ0v) is 6.21. The van der Waals surface area contributed by atoms with E-state index in [-0.39, 0.29) is 0 Å². The van der Waals surface area contributed by atoms with Gasteiger partial charge in [-0.05, 0) is 19.1 Å². The fraction of sp³-hybridized carbons (Fsp3) is 0.100. The minimum Gasteiger partial charge on any atom is -0.461 e. The van der Waals surface area contributed by atoms with Gasteiger partial charge in [0.25, 0.3) is 0 Å². The number of para-hydroxylation sites is 1. The Kier molecular flexibility index (Phi) is 1.42. The topological polar surface area (TPSA) is 13.1 Å². The first-order valence-electron chi connectivity index (χ1n) is 3.67. The molecule has 0 atom stereocenters. The maximum absolute atomic E-state index is 5.45. The SMILES string of the molecule is [CH2]Cc1cc2ccccc2o1. The van der Waals surface area contributed by atoms with Crippen LogP contribution in [0.2, 0.25) is 0 Å². The van der Waals surface area contributed by atoms with Crippen LogP contribution < -0.4 is 0 Å². The molecule has 0 bridgehead atoms. The van der Waals surface area contributed by atoms with Crippen LogP contribution in [0.3, 0.4) is 0 Å². The van der Waals surface area contributed by atoms with Gasteiger partial charge in [-0.3, -0.25) is 0 Å². The molecule has 0 unspecified atom stereocenters. The van der Waals surface area contributed by atoms with E-state index in [4.69, 9.17) is 4.42 Å². The summed E-state index contributed by atoms with van der Waals surface area (Å²) in [5, 5.41) is 1.16. The van der Waals surface area contributed by atoms with Crippen molar-refractivity contribution >= 4 is 11.0 Å². The predicted octanol–water partition coefficient (Wildman–Crippen LogP) is 2.81. The number of hydrogen-bond donors (Lipinski definition) is 0. The second-order valence-corrected chi connectivity index (χ2v) is 2.50. The van der Waals surface area contributed by atoms with E-state index < -0.39 is 0 Å². The summed E-state index contributed by atoms with van der Waals surface area (Å²) in [6.07, 6.45) is 0.717. The van der Waals surface area contributed by atoms with Crippen molar-refractivity contribution in [2.75, 3.05) is 0 Å². The van der Waals surface area contributed by atoms with Crippen molar-refractivity contribution in [2.24, 2.45) is 0 Å². The van der Waals surface area contributed by atoms with Gasteiger partial charge in [0, 0.05) is 11.8 Å². The molecule has 1 heteroatoms. The molecule has 0 N–H and O–H groups in total. The quantitative estimate of drug-likeness (QED) is 0.601. The summed E-state index contributed by atoms with van der Waals surface area (Å²) < 4.78 is 5.45. The van der Waals surface area contributed by atoms with E-state index in [0.29, 0.717) is 6.42 Å². The molecule has 0 saturated heterocycles. The van der Waals surface area contributed by atoms with Crippen LogP contribution in [-0.2, 0) is 6.42 Å². The molecule has 0 saturated carbocycles. The molecule has 1 radical (unpaired) electrons. The maximum Gasteiger partial charge on any atom is 0.134 e. The van der Waals surface area contributed by atoms with Crippen molar-refractivity contribution in [3.8, 4) is 0 Å². The van der Waals surface area contributed by atoms with Crippen LogP contribution in [0.1, 0.15) is 5.76 Å². The summed E-state index contributed by atoms with van der Waals surface area (Å²) in [6, 6.07) is 10.0. The predicted molar refractivity (Wildman–Crippen MR) is 45.3 cm³/mol. The van der Waals surface area contributed by atoms with Crippen LogP contribution in [0.25, 0.3) is 11.0 Å². The molecule has 1 aromatic carbocycles. The van der Waals surface area contributed by atoms with Gasteiger partial charge in [0.05, 0.1) is 0 Å². The molecule has 11 heavy (non-hydrogen) atoms. The van der Waals surface area contributed by atoms with Gasteiger partial charge in [0.15, 0.2) is 0 Å². The van der Waals surface area contributed by atoms with E-state index in [1.807, 2.05) is 30.3 Å². The van der Waals surface area contributed by atoms with Crippen LogP contribution in [0.4, 0.5) is 0 Å². The van der Waals surface area contributed by atoms with Gasteiger partial charge in [-0.15, -0.1) is 0 Å². The van der Waals surface area contributed by atoms with Gasteiger partial charge >= 0.3 is 0 Å². The molecule has 1 aromatic heterocycles. The number of rotatable bonds is 1. The van der Waals surface area contributed by atoms with Crippen molar-refractivity contribution in [3.63, 3.8) is 0 Å². The highest BCUT2D eigenvalue weighted by atomic mass is 16.3. The molecule has 2 rings (SSSR count). The molecule has 0 amide bonds. The van der Waals surface area contributed by atoms with Crippen LogP contribution >= 0.6 is 0 Å². The molecule has 0 aliphatic rings. The molecule has 0 spiro atoms. The Morgan fingerprint density at radius 2 is 2.09 bits per heavy atom. The van der Waals surface area contributed by atoms with Gasteiger partial charge in [0.2, 0.25) is 0 Å². The normalized spacial score (nSPS) is 10.6. The Labute approximate surface area is 65.6 Å². The maximum atomic E-state index is 5.45. The lowest BCUT2D eigenvalue weighted by Gasteiger charge is -1.83. The highest BCUT2D eigenvalue weighted by Crippen LogP contribution is 2.18. The van der Waals surface area contributed by atoms with Gasteiger partial charge < -0.3 is 4.42 Å². The standard InChI is InChI=1S/C10H9O/c1-2-9-7-8-5-3-4-6-10(8)11-9/h3-7H,1-2H2. The van der Waals surface area contributed by atoms with E-state index in [2.05, 4.69) is 6.92 Å². The lowest BCUT2D eigenvalue weighted by atomic mass is 10.2. The molecule has 0 aliphatic heterocycles. The van der Waals surface area contributed by atoms with Gasteiger partial charge in [0.1, 0.15) is 11.3 Å². The van der Waals surface area contributed by atoms with Crippen molar-refractivity contribution in [3.05, 3.63) is 43.0 Å². The zero-order valence-electron chi connectivity index (χ0n) is 6.21. The Bertz CT molecular complexity index is 327. The number of furan rings is 1. The van der Waals surface area contributed by atoms with Gasteiger partial charge in [-0.2, -0.15) is 0 Å². The highest BCUT2D eigenvalue weighted by molar-refractivity contribution is 5.77. The minimum atomic E-state index is 0.717. The lowest BCUT2D eigenvalue weighted by molar-refractivity contribution is 0.565. The Balaban J connectivity index is 2.69. The van der Waals surface area contributed by atoms with Crippen LogP contribution in [-0.4, -0.2) is 0 Å². The second-order valence-electron chi connectivity index (χ2n) is 2.50. The number of fused-ring (bicyclic) bond motifs is 1. The zero-order chi connectivity index (χ0) is 7.68. The smallest absolute Gasteiger partial charge is 0.134 e. The summed E-state index contributed by atoms with van der Waals surface area (Å²) in [6.45, 7) is 3.76. The molecule has 0 aliphatic carbocycles. The Morgan fingerprint density at radius 1 is 1.27 bits per heavy atom. The first-order valence-corrected chi connectivity index (χ1v) is 3.67.